The van der Waals surface area contributed by atoms with Gasteiger partial charge in [0.05, 0.1) is 11.6 Å². The number of anilines is 1. The van der Waals surface area contributed by atoms with Crippen molar-refractivity contribution < 1.29 is 9.59 Å². The Morgan fingerprint density at radius 3 is 2.38 bits per heavy atom. The second-order valence-electron chi connectivity index (χ2n) is 5.61. The molecule has 6 heteroatoms. The van der Waals surface area contributed by atoms with E-state index < -0.39 is 0 Å². The molecule has 0 spiro atoms. The van der Waals surface area contributed by atoms with Crippen molar-refractivity contribution in [3.8, 4) is 0 Å². The molecule has 2 amide bonds. The van der Waals surface area contributed by atoms with E-state index >= 15 is 0 Å². The van der Waals surface area contributed by atoms with E-state index in [1.54, 1.807) is 25.2 Å². The van der Waals surface area contributed by atoms with Crippen molar-refractivity contribution in [2.24, 2.45) is 0 Å². The fraction of sp³-hybridized carbons (Fsp3) is 0.222. The topological polar surface area (TPSA) is 49.4 Å². The number of amides is 2. The predicted octanol–water partition coefficient (Wildman–Crippen LogP) is 4.27. The van der Waals surface area contributed by atoms with Gasteiger partial charge in [0.2, 0.25) is 5.91 Å². The number of hydrogen-bond acceptors (Lipinski definition) is 2. The lowest BCUT2D eigenvalue weighted by Crippen LogP contribution is -2.35. The summed E-state index contributed by atoms with van der Waals surface area (Å²) in [5, 5.41) is 3.48. The Bertz CT molecular complexity index is 772. The molecule has 2 aromatic carbocycles. The number of hydrogen-bond donors (Lipinski definition) is 1. The van der Waals surface area contributed by atoms with Crippen LogP contribution in [-0.4, -0.2) is 30.3 Å². The maximum atomic E-state index is 12.4. The van der Waals surface area contributed by atoms with Gasteiger partial charge in [0.1, 0.15) is 0 Å². The number of halogens is 2. The van der Waals surface area contributed by atoms with Gasteiger partial charge in [-0.1, -0.05) is 29.8 Å². The number of nitrogens with zero attached hydrogens (tertiary/aromatic N) is 1. The molecule has 0 saturated carbocycles. The van der Waals surface area contributed by atoms with E-state index in [9.17, 15) is 9.59 Å². The minimum Gasteiger partial charge on any atom is -0.332 e. The van der Waals surface area contributed by atoms with E-state index in [2.05, 4.69) is 27.9 Å². The molecule has 0 aliphatic carbocycles. The normalized spacial score (nSPS) is 10.4. The highest BCUT2D eigenvalue weighted by Gasteiger charge is 2.16. The average Bonchev–Trinajstić information content (AvgIpc) is 2.53. The summed E-state index contributed by atoms with van der Waals surface area (Å²) in [5.74, 6) is -0.451. The third-order valence-corrected chi connectivity index (χ3v) is 5.18. The third-order valence-electron chi connectivity index (χ3n) is 3.64. The number of carbonyl (C=O) groups is 2. The smallest absolute Gasteiger partial charge is 0.254 e. The fourth-order valence-electron chi connectivity index (χ4n) is 2.33. The first kappa shape index (κ1) is 18.7. The minimum atomic E-state index is -0.230. The van der Waals surface area contributed by atoms with Crippen molar-refractivity contribution >= 4 is 51.7 Å². The maximum Gasteiger partial charge on any atom is 0.254 e. The van der Waals surface area contributed by atoms with Crippen LogP contribution in [0.5, 0.6) is 0 Å². The molecule has 2 aromatic rings. The van der Waals surface area contributed by atoms with Gasteiger partial charge >= 0.3 is 0 Å². The van der Waals surface area contributed by atoms with Gasteiger partial charge in [-0.15, -0.1) is 0 Å². The van der Waals surface area contributed by atoms with E-state index in [4.69, 9.17) is 11.6 Å². The molecule has 0 aliphatic heterocycles. The Balaban J connectivity index is 2.05. The molecule has 0 unspecified atom stereocenters. The van der Waals surface area contributed by atoms with Crippen molar-refractivity contribution in [2.45, 2.75) is 13.8 Å². The molecule has 2 rings (SSSR count). The highest BCUT2D eigenvalue weighted by atomic mass is 127. The molecule has 1 N–H and O–H groups in total. The lowest BCUT2D eigenvalue weighted by molar-refractivity contribution is -0.116. The first-order valence-electron chi connectivity index (χ1n) is 7.36. The number of rotatable bonds is 4. The van der Waals surface area contributed by atoms with Crippen molar-refractivity contribution in [2.75, 3.05) is 18.9 Å². The molecule has 0 bridgehead atoms. The highest BCUT2D eigenvalue weighted by Crippen LogP contribution is 2.21. The van der Waals surface area contributed by atoms with Crippen LogP contribution < -0.4 is 5.32 Å². The van der Waals surface area contributed by atoms with E-state index in [-0.39, 0.29) is 18.4 Å². The summed E-state index contributed by atoms with van der Waals surface area (Å²) in [6, 6.07) is 10.9. The van der Waals surface area contributed by atoms with E-state index in [1.807, 2.05) is 32.0 Å². The van der Waals surface area contributed by atoms with E-state index in [1.165, 1.54) is 4.90 Å². The molecule has 0 aromatic heterocycles. The number of carbonyl (C=O) groups excluding carboxylic acids is 2. The third kappa shape index (κ3) is 4.48. The molecular weight excluding hydrogens is 439 g/mol. The van der Waals surface area contributed by atoms with Crippen LogP contribution in [0.3, 0.4) is 0 Å². The van der Waals surface area contributed by atoms with Crippen molar-refractivity contribution in [1.82, 2.24) is 4.90 Å². The Labute approximate surface area is 160 Å². The summed E-state index contributed by atoms with van der Waals surface area (Å²) in [7, 11) is 1.61. The van der Waals surface area contributed by atoms with Crippen LogP contribution in [0.2, 0.25) is 5.02 Å². The standard InChI is InChI=1S/C18H18ClIN2O2/c1-11-5-4-6-12(2)17(11)21-16(23)10-22(3)18(24)13-7-8-14(19)15(20)9-13/h4-9H,10H2,1-3H3,(H,21,23). The zero-order chi connectivity index (χ0) is 17.9. The van der Waals surface area contributed by atoms with Gasteiger partial charge in [-0.3, -0.25) is 9.59 Å². The van der Waals surface area contributed by atoms with Crippen molar-refractivity contribution in [3.63, 3.8) is 0 Å². The van der Waals surface area contributed by atoms with Crippen LogP contribution in [0.1, 0.15) is 21.5 Å². The molecule has 0 atom stereocenters. The number of para-hydroxylation sites is 1. The minimum absolute atomic E-state index is 0.0220. The van der Waals surface area contributed by atoms with E-state index in [0.29, 0.717) is 10.6 Å². The maximum absolute atomic E-state index is 12.4. The van der Waals surface area contributed by atoms with Crippen LogP contribution in [-0.2, 0) is 4.79 Å². The monoisotopic (exact) mass is 456 g/mol. The molecule has 0 heterocycles. The van der Waals surface area contributed by atoms with Crippen LogP contribution >= 0.6 is 34.2 Å². The summed E-state index contributed by atoms with van der Waals surface area (Å²) in [5.41, 5.74) is 3.28. The number of likely N-dealkylation sites (N-methyl/N-ethyl adjacent to an activating group) is 1. The van der Waals surface area contributed by atoms with Gasteiger partial charge in [-0.2, -0.15) is 0 Å². The fourth-order valence-corrected chi connectivity index (χ4v) is 2.96. The summed E-state index contributed by atoms with van der Waals surface area (Å²) in [6.45, 7) is 3.85. The zero-order valence-corrected chi connectivity index (χ0v) is 16.6. The SMILES string of the molecule is Cc1cccc(C)c1NC(=O)CN(C)C(=O)c1ccc(Cl)c(I)c1. The molecular formula is C18H18ClIN2O2. The lowest BCUT2D eigenvalue weighted by atomic mass is 10.1. The molecule has 4 nitrogen and oxygen atoms in total. The predicted molar refractivity (Wildman–Crippen MR) is 106 cm³/mol. The number of aryl methyl sites for hydroxylation is 2. The van der Waals surface area contributed by atoms with Crippen LogP contribution in [0, 0.1) is 17.4 Å². The molecule has 24 heavy (non-hydrogen) atoms. The average molecular weight is 457 g/mol. The Morgan fingerprint density at radius 2 is 1.79 bits per heavy atom. The van der Waals surface area contributed by atoms with Gasteiger partial charge in [0.25, 0.3) is 5.91 Å². The zero-order valence-electron chi connectivity index (χ0n) is 13.7. The van der Waals surface area contributed by atoms with Gasteiger partial charge in [0.15, 0.2) is 0 Å². The Hall–Kier alpha value is -1.60. The molecule has 0 radical (unpaired) electrons. The highest BCUT2D eigenvalue weighted by molar-refractivity contribution is 14.1. The number of benzene rings is 2. The Morgan fingerprint density at radius 1 is 1.17 bits per heavy atom. The summed E-state index contributed by atoms with van der Waals surface area (Å²) >= 11 is 8.05. The van der Waals surface area contributed by atoms with Crippen molar-refractivity contribution in [3.05, 3.63) is 61.7 Å². The van der Waals surface area contributed by atoms with Gasteiger partial charge in [-0.05, 0) is 65.8 Å². The van der Waals surface area contributed by atoms with Crippen LogP contribution in [0.4, 0.5) is 5.69 Å². The second kappa shape index (κ2) is 7.98. The van der Waals surface area contributed by atoms with E-state index in [0.717, 1.165) is 20.4 Å². The number of nitrogens with one attached hydrogen (secondary N) is 1. The molecule has 126 valence electrons. The van der Waals surface area contributed by atoms with Crippen LogP contribution in [0.15, 0.2) is 36.4 Å². The van der Waals surface area contributed by atoms with Crippen LogP contribution in [0.25, 0.3) is 0 Å². The lowest BCUT2D eigenvalue weighted by Gasteiger charge is -2.18. The van der Waals surface area contributed by atoms with Gasteiger partial charge in [-0.25, -0.2) is 0 Å². The van der Waals surface area contributed by atoms with Gasteiger partial charge < -0.3 is 10.2 Å². The molecule has 0 fully saturated rings. The first-order chi connectivity index (χ1) is 11.3. The first-order valence-corrected chi connectivity index (χ1v) is 8.82. The molecule has 0 aliphatic rings. The second-order valence-corrected chi connectivity index (χ2v) is 7.17. The summed E-state index contributed by atoms with van der Waals surface area (Å²) in [4.78, 5) is 26.1. The molecule has 0 saturated heterocycles. The van der Waals surface area contributed by atoms with Crippen molar-refractivity contribution in [1.29, 1.82) is 0 Å². The summed E-state index contributed by atoms with van der Waals surface area (Å²) in [6.07, 6.45) is 0. The Kier molecular flexibility index (Phi) is 6.23. The van der Waals surface area contributed by atoms with Gasteiger partial charge in [0, 0.05) is 21.9 Å². The summed E-state index contributed by atoms with van der Waals surface area (Å²) < 4.78 is 0.800. The quantitative estimate of drug-likeness (QED) is 0.699. The largest absolute Gasteiger partial charge is 0.332 e.